The van der Waals surface area contributed by atoms with Crippen molar-refractivity contribution in [1.29, 1.82) is 0 Å². The van der Waals surface area contributed by atoms with Gasteiger partial charge in [0.25, 0.3) is 15.9 Å². The summed E-state index contributed by atoms with van der Waals surface area (Å²) in [5.74, 6) is 1.09. The Morgan fingerprint density at radius 1 is 0.978 bits per heavy atom. The molecular formula is C34H32F3N3O4S. The van der Waals surface area contributed by atoms with Gasteiger partial charge in [0.15, 0.2) is 0 Å². The fourth-order valence-electron chi connectivity index (χ4n) is 5.96. The molecule has 0 bridgehead atoms. The molecule has 0 fully saturated rings. The SMILES string of the molecule is CCCC(Nc1ccccc1)c1c(C=C2C(=O)Nc3ccc(S(=O)(=O)Nc4ccc(C(F)(F)F)cc4)cc32)oc2c1CCCC2. The highest BCUT2D eigenvalue weighted by atomic mass is 32.2. The van der Waals surface area contributed by atoms with E-state index in [1.807, 2.05) is 30.3 Å². The average Bonchev–Trinajstić information content (AvgIpc) is 3.53. The fourth-order valence-corrected chi connectivity index (χ4v) is 7.05. The Morgan fingerprint density at radius 2 is 1.71 bits per heavy atom. The maximum Gasteiger partial charge on any atom is 0.416 e. The standard InChI is InChI=1S/C34H32F3N3O4S/c1-2-8-29(38-22-9-4-3-5-10-22)32-25-11-6-7-12-30(25)44-31(32)20-27-26-19-24(17-18-28(26)39-33(27)41)45(42,43)40-23-15-13-21(14-16-23)34(35,36)37/h3-5,9-10,13-20,29,38,40H,2,6-8,11-12H2,1H3,(H,39,41). The zero-order valence-corrected chi connectivity index (χ0v) is 25.3. The van der Waals surface area contributed by atoms with Crippen LogP contribution in [0.3, 0.4) is 0 Å². The minimum Gasteiger partial charge on any atom is -0.461 e. The molecule has 4 aromatic rings. The third kappa shape index (κ3) is 6.35. The number of amides is 1. The van der Waals surface area contributed by atoms with Crippen LogP contribution < -0.4 is 15.4 Å². The minimum absolute atomic E-state index is 0.0212. The van der Waals surface area contributed by atoms with Crippen molar-refractivity contribution in [1.82, 2.24) is 0 Å². The van der Waals surface area contributed by atoms with Crippen molar-refractivity contribution in [3.63, 3.8) is 0 Å². The summed E-state index contributed by atoms with van der Waals surface area (Å²) in [6.45, 7) is 2.12. The second-order valence-electron chi connectivity index (χ2n) is 11.2. The van der Waals surface area contributed by atoms with Gasteiger partial charge in [0.05, 0.1) is 22.1 Å². The summed E-state index contributed by atoms with van der Waals surface area (Å²) in [4.78, 5) is 13.1. The van der Waals surface area contributed by atoms with Crippen LogP contribution >= 0.6 is 0 Å². The summed E-state index contributed by atoms with van der Waals surface area (Å²) in [5, 5.41) is 6.46. The lowest BCUT2D eigenvalue weighted by Crippen LogP contribution is -2.14. The van der Waals surface area contributed by atoms with Gasteiger partial charge in [-0.05, 0) is 91.9 Å². The van der Waals surface area contributed by atoms with E-state index in [9.17, 15) is 26.4 Å². The van der Waals surface area contributed by atoms with Crippen molar-refractivity contribution in [2.75, 3.05) is 15.4 Å². The largest absolute Gasteiger partial charge is 0.461 e. The lowest BCUT2D eigenvalue weighted by Gasteiger charge is -2.22. The number of aryl methyl sites for hydroxylation is 1. The van der Waals surface area contributed by atoms with Crippen LogP contribution in [0.25, 0.3) is 11.6 Å². The number of sulfonamides is 1. The molecule has 3 N–H and O–H groups in total. The van der Waals surface area contributed by atoms with Gasteiger partial charge >= 0.3 is 6.18 Å². The summed E-state index contributed by atoms with van der Waals surface area (Å²) < 4.78 is 74.2. The van der Waals surface area contributed by atoms with E-state index in [4.69, 9.17) is 4.42 Å². The first-order valence-corrected chi connectivity index (χ1v) is 16.4. The third-order valence-corrected chi connectivity index (χ3v) is 9.48. The monoisotopic (exact) mass is 635 g/mol. The zero-order valence-electron chi connectivity index (χ0n) is 24.5. The third-order valence-electron chi connectivity index (χ3n) is 8.11. The van der Waals surface area contributed by atoms with Crippen LogP contribution in [0.5, 0.6) is 0 Å². The van der Waals surface area contributed by atoms with Gasteiger partial charge in [0.2, 0.25) is 0 Å². The second kappa shape index (κ2) is 12.1. The highest BCUT2D eigenvalue weighted by Crippen LogP contribution is 2.41. The number of para-hydroxylation sites is 1. The topological polar surface area (TPSA) is 100 Å². The Bertz CT molecular complexity index is 1870. The number of rotatable bonds is 9. The summed E-state index contributed by atoms with van der Waals surface area (Å²) in [7, 11) is -4.19. The maximum absolute atomic E-state index is 13.3. The van der Waals surface area contributed by atoms with Gasteiger partial charge in [0, 0.05) is 34.6 Å². The van der Waals surface area contributed by atoms with Crippen molar-refractivity contribution in [2.45, 2.75) is 62.6 Å². The molecule has 0 saturated carbocycles. The molecule has 1 atom stereocenters. The van der Waals surface area contributed by atoms with Gasteiger partial charge in [-0.25, -0.2) is 8.42 Å². The average molecular weight is 636 g/mol. The molecule has 1 aliphatic heterocycles. The first kappa shape index (κ1) is 30.5. The highest BCUT2D eigenvalue weighted by Gasteiger charge is 2.32. The number of benzene rings is 3. The molecule has 6 rings (SSSR count). The summed E-state index contributed by atoms with van der Waals surface area (Å²) in [6.07, 6.45) is 2.62. The second-order valence-corrected chi connectivity index (χ2v) is 12.9. The zero-order chi connectivity index (χ0) is 31.8. The molecule has 45 heavy (non-hydrogen) atoms. The van der Waals surface area contributed by atoms with E-state index >= 15 is 0 Å². The summed E-state index contributed by atoms with van der Waals surface area (Å²) >= 11 is 0. The number of alkyl halides is 3. The smallest absolute Gasteiger partial charge is 0.416 e. The van der Waals surface area contributed by atoms with Crippen molar-refractivity contribution < 1.29 is 30.8 Å². The molecule has 1 aromatic heterocycles. The first-order chi connectivity index (χ1) is 21.5. The first-order valence-electron chi connectivity index (χ1n) is 14.9. The molecule has 0 saturated heterocycles. The van der Waals surface area contributed by atoms with Gasteiger partial charge < -0.3 is 15.1 Å². The number of anilines is 3. The lowest BCUT2D eigenvalue weighted by atomic mass is 9.89. The highest BCUT2D eigenvalue weighted by molar-refractivity contribution is 7.92. The van der Waals surface area contributed by atoms with Crippen LogP contribution in [-0.4, -0.2) is 14.3 Å². The molecule has 0 spiro atoms. The maximum atomic E-state index is 13.3. The molecule has 1 aliphatic carbocycles. The number of hydrogen-bond acceptors (Lipinski definition) is 5. The predicted molar refractivity (Wildman–Crippen MR) is 168 cm³/mol. The van der Waals surface area contributed by atoms with E-state index < -0.39 is 27.7 Å². The van der Waals surface area contributed by atoms with Crippen molar-refractivity contribution in [3.05, 3.63) is 107 Å². The van der Waals surface area contributed by atoms with Crippen LogP contribution in [0.2, 0.25) is 0 Å². The number of halogens is 3. The number of furan rings is 1. The van der Waals surface area contributed by atoms with E-state index in [0.29, 0.717) is 17.0 Å². The van der Waals surface area contributed by atoms with Gasteiger partial charge in [-0.2, -0.15) is 13.2 Å². The minimum atomic E-state index is -4.54. The van der Waals surface area contributed by atoms with Gasteiger partial charge in [-0.15, -0.1) is 0 Å². The summed E-state index contributed by atoms with van der Waals surface area (Å²) in [6, 6.07) is 17.8. The molecule has 0 radical (unpaired) electrons. The van der Waals surface area contributed by atoms with Gasteiger partial charge in [-0.1, -0.05) is 31.5 Å². The van der Waals surface area contributed by atoms with E-state index in [1.165, 1.54) is 18.2 Å². The van der Waals surface area contributed by atoms with Crippen LogP contribution in [0.15, 0.2) is 82.1 Å². The molecule has 2 heterocycles. The van der Waals surface area contributed by atoms with Crippen LogP contribution in [-0.2, 0) is 33.8 Å². The summed E-state index contributed by atoms with van der Waals surface area (Å²) in [5.41, 5.74) is 3.33. The lowest BCUT2D eigenvalue weighted by molar-refractivity contribution is -0.137. The van der Waals surface area contributed by atoms with E-state index in [2.05, 4.69) is 22.3 Å². The van der Waals surface area contributed by atoms with E-state index in [1.54, 1.807) is 6.08 Å². The van der Waals surface area contributed by atoms with Crippen LogP contribution in [0, 0.1) is 0 Å². The Morgan fingerprint density at radius 3 is 2.42 bits per heavy atom. The molecule has 1 unspecified atom stereocenters. The molecule has 2 aliphatic rings. The molecule has 3 aromatic carbocycles. The van der Waals surface area contributed by atoms with Crippen molar-refractivity contribution >= 4 is 44.6 Å². The number of carbonyl (C=O) groups excluding carboxylic acids is 1. The Hall–Kier alpha value is -4.51. The molecule has 7 nitrogen and oxygen atoms in total. The molecule has 234 valence electrons. The normalized spacial score (nSPS) is 16.2. The number of nitrogens with one attached hydrogen (secondary N) is 3. The molecular weight excluding hydrogens is 603 g/mol. The number of fused-ring (bicyclic) bond motifs is 2. The van der Waals surface area contributed by atoms with E-state index in [-0.39, 0.29) is 22.2 Å². The van der Waals surface area contributed by atoms with Crippen molar-refractivity contribution in [3.8, 4) is 0 Å². The molecule has 11 heteroatoms. The number of carbonyl (C=O) groups is 1. The molecule has 1 amide bonds. The van der Waals surface area contributed by atoms with Crippen LogP contribution in [0.1, 0.15) is 72.4 Å². The Labute approximate surface area is 259 Å². The fraction of sp³-hybridized carbons (Fsp3) is 0.265. The Kier molecular flexibility index (Phi) is 8.22. The van der Waals surface area contributed by atoms with Gasteiger partial charge in [-0.3, -0.25) is 9.52 Å². The van der Waals surface area contributed by atoms with Crippen LogP contribution in [0.4, 0.5) is 30.2 Å². The Balaban J connectivity index is 1.37. The van der Waals surface area contributed by atoms with Gasteiger partial charge in [0.1, 0.15) is 11.5 Å². The quantitative estimate of drug-likeness (QED) is 0.160. The van der Waals surface area contributed by atoms with Crippen molar-refractivity contribution in [2.24, 2.45) is 0 Å². The van der Waals surface area contributed by atoms with E-state index in [0.717, 1.165) is 85.4 Å². The predicted octanol–water partition coefficient (Wildman–Crippen LogP) is 8.42. The number of hydrogen-bond donors (Lipinski definition) is 3.